The van der Waals surface area contributed by atoms with Gasteiger partial charge in [-0.2, -0.15) is 0 Å². The van der Waals surface area contributed by atoms with E-state index < -0.39 is 0 Å². The second kappa shape index (κ2) is 7.65. The second-order valence-electron chi connectivity index (χ2n) is 7.79. The number of methoxy groups -OCH3 is 1. The van der Waals surface area contributed by atoms with Gasteiger partial charge < -0.3 is 14.5 Å². The Kier molecular flexibility index (Phi) is 5.52. The predicted molar refractivity (Wildman–Crippen MR) is 99.8 cm³/mol. The van der Waals surface area contributed by atoms with Gasteiger partial charge >= 0.3 is 6.03 Å². The van der Waals surface area contributed by atoms with Crippen LogP contribution in [0.15, 0.2) is 24.3 Å². The highest BCUT2D eigenvalue weighted by Gasteiger charge is 2.38. The molecule has 2 heterocycles. The van der Waals surface area contributed by atoms with Crippen molar-refractivity contribution >= 4 is 6.03 Å². The fraction of sp³-hybridized carbons (Fsp3) is 0.650. The maximum atomic E-state index is 12.1. The van der Waals surface area contributed by atoms with Crippen molar-refractivity contribution < 1.29 is 9.53 Å². The number of ether oxygens (including phenoxy) is 1. The molecule has 2 amide bonds. The summed E-state index contributed by atoms with van der Waals surface area (Å²) in [5, 5.41) is 0. The summed E-state index contributed by atoms with van der Waals surface area (Å²) in [6.07, 6.45) is 4.81. The third-order valence-corrected chi connectivity index (χ3v) is 5.93. The van der Waals surface area contributed by atoms with E-state index in [2.05, 4.69) is 23.1 Å². The molecule has 2 fully saturated rings. The van der Waals surface area contributed by atoms with Gasteiger partial charge in [-0.05, 0) is 61.9 Å². The zero-order valence-corrected chi connectivity index (χ0v) is 15.8. The number of urea groups is 1. The number of benzene rings is 1. The van der Waals surface area contributed by atoms with Crippen LogP contribution in [0.3, 0.4) is 0 Å². The molecule has 2 aliphatic rings. The van der Waals surface area contributed by atoms with Crippen molar-refractivity contribution in [1.29, 1.82) is 0 Å². The van der Waals surface area contributed by atoms with E-state index in [1.807, 2.05) is 25.1 Å². The van der Waals surface area contributed by atoms with Gasteiger partial charge in [0, 0.05) is 33.7 Å². The molecule has 0 unspecified atom stereocenters. The Balaban J connectivity index is 1.50. The third kappa shape index (κ3) is 4.27. The van der Waals surface area contributed by atoms with Gasteiger partial charge in [0.15, 0.2) is 0 Å². The Morgan fingerprint density at radius 2 is 1.76 bits per heavy atom. The Morgan fingerprint density at radius 3 is 2.36 bits per heavy atom. The first-order valence-electron chi connectivity index (χ1n) is 9.33. The number of hydrogen-bond donors (Lipinski definition) is 0. The molecule has 0 saturated carbocycles. The van der Waals surface area contributed by atoms with Crippen LogP contribution in [0.5, 0.6) is 5.75 Å². The molecule has 0 aromatic heterocycles. The van der Waals surface area contributed by atoms with Crippen molar-refractivity contribution in [3.05, 3.63) is 29.8 Å². The van der Waals surface area contributed by atoms with Gasteiger partial charge in [0.05, 0.1) is 7.11 Å². The lowest BCUT2D eigenvalue weighted by Gasteiger charge is -2.47. The van der Waals surface area contributed by atoms with E-state index >= 15 is 0 Å². The fourth-order valence-corrected chi connectivity index (χ4v) is 4.17. The minimum absolute atomic E-state index is 0.158. The normalized spacial score (nSPS) is 20.5. The Labute approximate surface area is 151 Å². The lowest BCUT2D eigenvalue weighted by atomic mass is 9.71. The van der Waals surface area contributed by atoms with Gasteiger partial charge in [-0.25, -0.2) is 4.79 Å². The molecule has 25 heavy (non-hydrogen) atoms. The zero-order valence-electron chi connectivity index (χ0n) is 15.8. The number of nitrogens with zero attached hydrogens (tertiary/aromatic N) is 3. The highest BCUT2D eigenvalue weighted by atomic mass is 16.5. The molecule has 0 N–H and O–H groups in total. The molecule has 0 aliphatic carbocycles. The van der Waals surface area contributed by atoms with Crippen LogP contribution >= 0.6 is 0 Å². The molecular weight excluding hydrogens is 314 g/mol. The third-order valence-electron chi connectivity index (χ3n) is 5.93. The van der Waals surface area contributed by atoms with E-state index in [1.165, 1.54) is 18.4 Å². The van der Waals surface area contributed by atoms with Gasteiger partial charge in [-0.1, -0.05) is 12.1 Å². The maximum Gasteiger partial charge on any atom is 0.319 e. The Morgan fingerprint density at radius 1 is 1.12 bits per heavy atom. The first-order valence-corrected chi connectivity index (χ1v) is 9.33. The van der Waals surface area contributed by atoms with Gasteiger partial charge in [0.1, 0.15) is 5.75 Å². The number of carbonyl (C=O) groups excluding carboxylic acids is 1. The van der Waals surface area contributed by atoms with Crippen LogP contribution in [0.2, 0.25) is 0 Å². The van der Waals surface area contributed by atoms with E-state index in [0.29, 0.717) is 5.41 Å². The van der Waals surface area contributed by atoms with Crippen molar-refractivity contribution in [2.45, 2.75) is 32.2 Å². The molecule has 1 aromatic rings. The zero-order chi connectivity index (χ0) is 17.9. The minimum atomic E-state index is 0.158. The van der Waals surface area contributed by atoms with Gasteiger partial charge in [-0.3, -0.25) is 4.90 Å². The summed E-state index contributed by atoms with van der Waals surface area (Å²) in [6, 6.07) is 8.54. The van der Waals surface area contributed by atoms with Crippen LogP contribution < -0.4 is 4.74 Å². The Hall–Kier alpha value is -1.75. The van der Waals surface area contributed by atoms with Gasteiger partial charge in [0.25, 0.3) is 0 Å². The number of rotatable bonds is 3. The number of piperidine rings is 2. The minimum Gasteiger partial charge on any atom is -0.497 e. The number of hydrogen-bond acceptors (Lipinski definition) is 3. The van der Waals surface area contributed by atoms with E-state index in [9.17, 15) is 4.79 Å². The van der Waals surface area contributed by atoms with Crippen LogP contribution in [-0.2, 0) is 6.54 Å². The standard InChI is InChI=1S/C20H31N3O2/c1-21(2)19(24)23-13-9-20(10-14-23)7-11-22(12-8-20)16-17-5-4-6-18(15-17)25-3/h4-6,15H,7-14,16H2,1-3H3. The molecule has 0 radical (unpaired) electrons. The van der Waals surface area contributed by atoms with Crippen molar-refractivity contribution in [2.75, 3.05) is 47.4 Å². The van der Waals surface area contributed by atoms with E-state index in [4.69, 9.17) is 4.74 Å². The molecular formula is C20H31N3O2. The smallest absolute Gasteiger partial charge is 0.319 e. The molecule has 1 aromatic carbocycles. The monoisotopic (exact) mass is 345 g/mol. The molecule has 2 aliphatic heterocycles. The largest absolute Gasteiger partial charge is 0.497 e. The topological polar surface area (TPSA) is 36.0 Å². The average molecular weight is 345 g/mol. The van der Waals surface area contributed by atoms with Crippen LogP contribution in [0.4, 0.5) is 4.79 Å². The maximum absolute atomic E-state index is 12.1. The lowest BCUT2D eigenvalue weighted by Crippen LogP contribution is -2.50. The molecule has 5 heteroatoms. The van der Waals surface area contributed by atoms with Crippen molar-refractivity contribution in [3.8, 4) is 5.75 Å². The van der Waals surface area contributed by atoms with Crippen LogP contribution in [0, 0.1) is 5.41 Å². The number of amides is 2. The number of likely N-dealkylation sites (tertiary alicyclic amines) is 2. The van der Waals surface area contributed by atoms with Crippen molar-refractivity contribution in [3.63, 3.8) is 0 Å². The second-order valence-corrected chi connectivity index (χ2v) is 7.79. The quantitative estimate of drug-likeness (QED) is 0.845. The highest BCUT2D eigenvalue weighted by Crippen LogP contribution is 2.41. The predicted octanol–water partition coefficient (Wildman–Crippen LogP) is 3.05. The molecule has 0 bridgehead atoms. The van der Waals surface area contributed by atoms with E-state index in [1.54, 1.807) is 12.0 Å². The molecule has 3 rings (SSSR count). The molecule has 138 valence electrons. The summed E-state index contributed by atoms with van der Waals surface area (Å²) in [5.41, 5.74) is 1.77. The first-order chi connectivity index (χ1) is 12.0. The first kappa shape index (κ1) is 18.1. The summed E-state index contributed by atoms with van der Waals surface area (Å²) < 4.78 is 5.33. The molecule has 2 saturated heterocycles. The Bertz CT molecular complexity index is 584. The SMILES string of the molecule is COc1cccc(CN2CCC3(CC2)CCN(C(=O)N(C)C)CC3)c1. The van der Waals surface area contributed by atoms with E-state index in [0.717, 1.165) is 51.3 Å². The van der Waals surface area contributed by atoms with E-state index in [-0.39, 0.29) is 6.03 Å². The van der Waals surface area contributed by atoms with Crippen LogP contribution in [0.1, 0.15) is 31.2 Å². The summed E-state index contributed by atoms with van der Waals surface area (Å²) >= 11 is 0. The number of carbonyl (C=O) groups is 1. The molecule has 1 spiro atoms. The fourth-order valence-electron chi connectivity index (χ4n) is 4.17. The average Bonchev–Trinajstić information content (AvgIpc) is 2.64. The van der Waals surface area contributed by atoms with Gasteiger partial charge in [-0.15, -0.1) is 0 Å². The summed E-state index contributed by atoms with van der Waals surface area (Å²) in [5.74, 6) is 0.934. The highest BCUT2D eigenvalue weighted by molar-refractivity contribution is 5.73. The molecule has 5 nitrogen and oxygen atoms in total. The summed E-state index contributed by atoms with van der Waals surface area (Å²) in [7, 11) is 5.39. The molecule has 0 atom stereocenters. The van der Waals surface area contributed by atoms with Crippen molar-refractivity contribution in [2.24, 2.45) is 5.41 Å². The van der Waals surface area contributed by atoms with Crippen molar-refractivity contribution in [1.82, 2.24) is 14.7 Å². The van der Waals surface area contributed by atoms with Crippen LogP contribution in [-0.4, -0.2) is 68.1 Å². The summed E-state index contributed by atoms with van der Waals surface area (Å²) in [6.45, 7) is 5.12. The summed E-state index contributed by atoms with van der Waals surface area (Å²) in [4.78, 5) is 18.4. The lowest BCUT2D eigenvalue weighted by molar-refractivity contribution is 0.0388. The van der Waals surface area contributed by atoms with Gasteiger partial charge in [0.2, 0.25) is 0 Å². The van der Waals surface area contributed by atoms with Crippen LogP contribution in [0.25, 0.3) is 0 Å².